The molecule has 20 heavy (non-hydrogen) atoms. The molecule has 3 aliphatic heterocycles. The van der Waals surface area contributed by atoms with Crippen LogP contribution in [0, 0.1) is 0 Å². The van der Waals surface area contributed by atoms with Crippen molar-refractivity contribution in [2.24, 2.45) is 5.11 Å². The third-order valence-electron chi connectivity index (χ3n) is 3.63. The van der Waals surface area contributed by atoms with Gasteiger partial charge in [-0.1, -0.05) is 5.11 Å². The van der Waals surface area contributed by atoms with Crippen LogP contribution in [0.15, 0.2) is 5.11 Å². The number of azide groups is 1. The lowest BCUT2D eigenvalue weighted by Crippen LogP contribution is -2.40. The zero-order chi connectivity index (χ0) is 14.5. The van der Waals surface area contributed by atoms with Gasteiger partial charge in [-0.25, -0.2) is 0 Å². The maximum Gasteiger partial charge on any atom is 0.165 e. The fourth-order valence-electron chi connectivity index (χ4n) is 2.93. The molecule has 0 bridgehead atoms. The van der Waals surface area contributed by atoms with Crippen LogP contribution >= 0.6 is 0 Å². The van der Waals surface area contributed by atoms with Gasteiger partial charge in [-0.2, -0.15) is 0 Å². The standard InChI is InChI=1S/C12H19N3O5/c1-11(2)16-5-6(18-11)7-8-9(10(17-7)14-15-13)20-12(3,4)19-8/h6-10H,5H2,1-4H3/t6?,7-,8-,9-,10+/m1/s1. The Labute approximate surface area is 116 Å². The minimum absolute atomic E-state index is 0.270. The zero-order valence-electron chi connectivity index (χ0n) is 12.0. The van der Waals surface area contributed by atoms with Crippen molar-refractivity contribution in [2.75, 3.05) is 6.61 Å². The van der Waals surface area contributed by atoms with Gasteiger partial charge in [-0.15, -0.1) is 0 Å². The van der Waals surface area contributed by atoms with Gasteiger partial charge in [0.2, 0.25) is 0 Å². The van der Waals surface area contributed by atoms with Crippen LogP contribution in [-0.2, 0) is 23.7 Å². The van der Waals surface area contributed by atoms with Gasteiger partial charge in [-0.3, -0.25) is 0 Å². The van der Waals surface area contributed by atoms with Gasteiger partial charge >= 0.3 is 0 Å². The Morgan fingerprint density at radius 1 is 1.00 bits per heavy atom. The Kier molecular flexibility index (Phi) is 3.20. The van der Waals surface area contributed by atoms with Crippen LogP contribution in [0.3, 0.4) is 0 Å². The minimum Gasteiger partial charge on any atom is -0.360 e. The summed E-state index contributed by atoms with van der Waals surface area (Å²) >= 11 is 0. The lowest BCUT2D eigenvalue weighted by molar-refractivity contribution is -0.205. The largest absolute Gasteiger partial charge is 0.360 e. The SMILES string of the molecule is CC1(C)OCC([C@H]2O[C@H](N=[N+]=[N-])[C@@H]3OC(C)(C)O[C@@H]32)O1. The van der Waals surface area contributed by atoms with Crippen molar-refractivity contribution in [3.8, 4) is 0 Å². The molecule has 0 aliphatic carbocycles. The summed E-state index contributed by atoms with van der Waals surface area (Å²) in [6.07, 6.45) is -2.10. The normalized spacial score (nSPS) is 45.1. The Morgan fingerprint density at radius 2 is 1.70 bits per heavy atom. The predicted octanol–water partition coefficient (Wildman–Crippen LogP) is 1.69. The highest BCUT2D eigenvalue weighted by molar-refractivity contribution is 5.01. The molecule has 0 spiro atoms. The molecule has 5 atom stereocenters. The lowest BCUT2D eigenvalue weighted by Gasteiger charge is -2.26. The van der Waals surface area contributed by atoms with Crippen LogP contribution in [0.2, 0.25) is 0 Å². The number of hydrogen-bond donors (Lipinski definition) is 0. The average Bonchev–Trinajstić information content (AvgIpc) is 2.92. The molecule has 0 amide bonds. The maximum atomic E-state index is 8.64. The molecule has 3 fully saturated rings. The van der Waals surface area contributed by atoms with Crippen molar-refractivity contribution >= 4 is 0 Å². The lowest BCUT2D eigenvalue weighted by atomic mass is 10.1. The third kappa shape index (κ3) is 2.39. The number of rotatable bonds is 2. The second kappa shape index (κ2) is 4.56. The van der Waals surface area contributed by atoms with Crippen molar-refractivity contribution in [1.82, 2.24) is 0 Å². The molecule has 3 rings (SSSR count). The van der Waals surface area contributed by atoms with E-state index in [4.69, 9.17) is 29.2 Å². The molecule has 3 aliphatic rings. The van der Waals surface area contributed by atoms with Crippen LogP contribution < -0.4 is 0 Å². The molecular formula is C12H19N3O5. The van der Waals surface area contributed by atoms with E-state index in [2.05, 4.69) is 10.0 Å². The summed E-state index contributed by atoms with van der Waals surface area (Å²) in [5.74, 6) is -1.37. The Bertz CT molecular complexity index is 448. The van der Waals surface area contributed by atoms with Gasteiger partial charge in [0.1, 0.15) is 24.4 Å². The average molecular weight is 285 g/mol. The Hall–Kier alpha value is -0.890. The molecule has 0 aromatic carbocycles. The number of hydrogen-bond acceptors (Lipinski definition) is 6. The molecule has 8 heteroatoms. The van der Waals surface area contributed by atoms with Crippen molar-refractivity contribution in [3.05, 3.63) is 10.4 Å². The van der Waals surface area contributed by atoms with Gasteiger partial charge in [-0.05, 0) is 33.2 Å². The highest BCUT2D eigenvalue weighted by Gasteiger charge is 2.58. The minimum atomic E-state index is -0.727. The van der Waals surface area contributed by atoms with E-state index >= 15 is 0 Å². The number of fused-ring (bicyclic) bond motifs is 1. The first-order chi connectivity index (χ1) is 9.31. The number of nitrogens with zero attached hydrogens (tertiary/aromatic N) is 3. The Balaban J connectivity index is 1.80. The maximum absolute atomic E-state index is 8.64. The first kappa shape index (κ1) is 14.1. The predicted molar refractivity (Wildman–Crippen MR) is 66.5 cm³/mol. The van der Waals surface area contributed by atoms with Crippen LogP contribution in [0.25, 0.3) is 10.4 Å². The molecule has 112 valence electrons. The highest BCUT2D eigenvalue weighted by Crippen LogP contribution is 2.42. The van der Waals surface area contributed by atoms with Gasteiger partial charge in [0.05, 0.1) is 6.61 Å². The van der Waals surface area contributed by atoms with Crippen molar-refractivity contribution in [3.63, 3.8) is 0 Å². The second-order valence-corrected chi connectivity index (χ2v) is 6.13. The summed E-state index contributed by atoms with van der Waals surface area (Å²) < 4.78 is 28.8. The molecule has 3 heterocycles. The second-order valence-electron chi connectivity index (χ2n) is 6.13. The van der Waals surface area contributed by atoms with Gasteiger partial charge in [0.25, 0.3) is 0 Å². The first-order valence-electron chi connectivity index (χ1n) is 6.68. The molecule has 3 saturated heterocycles. The fourth-order valence-corrected chi connectivity index (χ4v) is 2.93. The summed E-state index contributed by atoms with van der Waals surface area (Å²) in [5.41, 5.74) is 8.64. The first-order valence-corrected chi connectivity index (χ1v) is 6.68. The molecule has 0 N–H and O–H groups in total. The quantitative estimate of drug-likeness (QED) is 0.437. The summed E-state index contributed by atoms with van der Waals surface area (Å²) in [6.45, 7) is 7.76. The van der Waals surface area contributed by atoms with E-state index in [9.17, 15) is 0 Å². The van der Waals surface area contributed by atoms with Gasteiger partial charge in [0, 0.05) is 4.91 Å². The highest BCUT2D eigenvalue weighted by atomic mass is 16.8. The van der Waals surface area contributed by atoms with E-state index in [0.717, 1.165) is 0 Å². The van der Waals surface area contributed by atoms with E-state index in [1.165, 1.54) is 0 Å². The summed E-state index contributed by atoms with van der Waals surface area (Å²) in [7, 11) is 0. The molecule has 8 nitrogen and oxygen atoms in total. The van der Waals surface area contributed by atoms with Crippen LogP contribution in [0.4, 0.5) is 0 Å². The van der Waals surface area contributed by atoms with E-state index in [1.54, 1.807) is 0 Å². The Morgan fingerprint density at radius 3 is 2.30 bits per heavy atom. The summed E-state index contributed by atoms with van der Waals surface area (Å²) in [4.78, 5) is 2.81. The van der Waals surface area contributed by atoms with Crippen LogP contribution in [-0.4, -0.2) is 48.8 Å². The molecular weight excluding hydrogens is 266 g/mol. The third-order valence-corrected chi connectivity index (χ3v) is 3.63. The van der Waals surface area contributed by atoms with Crippen molar-refractivity contribution in [1.29, 1.82) is 0 Å². The molecule has 0 aromatic heterocycles. The van der Waals surface area contributed by atoms with E-state index in [-0.39, 0.29) is 18.3 Å². The summed E-state index contributed by atoms with van der Waals surface area (Å²) in [6, 6.07) is 0. The smallest absolute Gasteiger partial charge is 0.165 e. The van der Waals surface area contributed by atoms with Crippen LogP contribution in [0.5, 0.6) is 0 Å². The van der Waals surface area contributed by atoms with E-state index in [1.807, 2.05) is 27.7 Å². The molecule has 0 saturated carbocycles. The number of ether oxygens (including phenoxy) is 5. The summed E-state index contributed by atoms with van der Waals surface area (Å²) in [5, 5.41) is 3.65. The topological polar surface area (TPSA) is 94.9 Å². The van der Waals surface area contributed by atoms with Gasteiger partial charge in [0.15, 0.2) is 17.8 Å². The van der Waals surface area contributed by atoms with Crippen LogP contribution in [0.1, 0.15) is 27.7 Å². The van der Waals surface area contributed by atoms with E-state index < -0.39 is 23.9 Å². The fraction of sp³-hybridized carbons (Fsp3) is 1.00. The van der Waals surface area contributed by atoms with E-state index in [0.29, 0.717) is 6.61 Å². The molecule has 0 aromatic rings. The molecule has 0 radical (unpaired) electrons. The zero-order valence-corrected chi connectivity index (χ0v) is 12.0. The van der Waals surface area contributed by atoms with Gasteiger partial charge < -0.3 is 23.7 Å². The van der Waals surface area contributed by atoms with Crippen molar-refractivity contribution in [2.45, 2.75) is 69.9 Å². The van der Waals surface area contributed by atoms with Crippen molar-refractivity contribution < 1.29 is 23.7 Å². The molecule has 1 unspecified atom stereocenters. The monoisotopic (exact) mass is 285 g/mol.